The van der Waals surface area contributed by atoms with Gasteiger partial charge >= 0.3 is 6.18 Å². The minimum atomic E-state index is -4.46. The maximum Gasteiger partial charge on any atom is 0.416 e. The molecule has 2 rings (SSSR count). The molecule has 1 aliphatic heterocycles. The number of benzene rings is 1. The van der Waals surface area contributed by atoms with Crippen molar-refractivity contribution in [1.29, 1.82) is 0 Å². The monoisotopic (exact) mass is 371 g/mol. The summed E-state index contributed by atoms with van der Waals surface area (Å²) in [6.45, 7) is 4.41. The van der Waals surface area contributed by atoms with E-state index in [0.717, 1.165) is 6.07 Å². The average Bonchev–Trinajstić information content (AvgIpc) is 2.56. The number of piperazine rings is 1. The Morgan fingerprint density at radius 1 is 1.35 bits per heavy atom. The van der Waals surface area contributed by atoms with Gasteiger partial charge in [-0.05, 0) is 25.5 Å². The molecule has 1 heterocycles. The van der Waals surface area contributed by atoms with Crippen LogP contribution in [0.5, 0.6) is 0 Å². The van der Waals surface area contributed by atoms with Gasteiger partial charge in [-0.2, -0.15) is 13.2 Å². The Kier molecular flexibility index (Phi) is 6.28. The van der Waals surface area contributed by atoms with Crippen LogP contribution in [-0.2, 0) is 22.3 Å². The van der Waals surface area contributed by atoms with Gasteiger partial charge in [0.25, 0.3) is 0 Å². The summed E-state index contributed by atoms with van der Waals surface area (Å²) in [5, 5.41) is 2.69. The molecule has 2 amide bonds. The van der Waals surface area contributed by atoms with Crippen molar-refractivity contribution in [3.05, 3.63) is 35.4 Å². The molecular weight excluding hydrogens is 347 g/mol. The molecule has 1 N–H and O–H groups in total. The molecule has 1 aliphatic rings. The Morgan fingerprint density at radius 3 is 2.62 bits per heavy atom. The van der Waals surface area contributed by atoms with Gasteiger partial charge in [0.15, 0.2) is 0 Å². The van der Waals surface area contributed by atoms with Crippen LogP contribution in [-0.4, -0.2) is 53.8 Å². The highest BCUT2D eigenvalue weighted by Crippen LogP contribution is 2.32. The number of halogens is 3. The lowest BCUT2D eigenvalue weighted by molar-refractivity contribution is -0.140. The minimum Gasteiger partial charge on any atom is -0.353 e. The Labute approximate surface area is 151 Å². The third-order valence-corrected chi connectivity index (χ3v) is 4.67. The van der Waals surface area contributed by atoms with Crippen LogP contribution >= 0.6 is 0 Å². The van der Waals surface area contributed by atoms with Gasteiger partial charge in [-0.1, -0.05) is 18.2 Å². The van der Waals surface area contributed by atoms with Gasteiger partial charge in [-0.15, -0.1) is 0 Å². The molecule has 1 saturated heterocycles. The third-order valence-electron chi connectivity index (χ3n) is 4.67. The molecule has 0 aromatic heterocycles. The highest BCUT2D eigenvalue weighted by Gasteiger charge is 2.36. The summed E-state index contributed by atoms with van der Waals surface area (Å²) in [6, 6.07) is 4.53. The molecular formula is C18H24F3N3O2. The molecule has 0 radical (unpaired) electrons. The van der Waals surface area contributed by atoms with Gasteiger partial charge in [0.1, 0.15) is 0 Å². The van der Waals surface area contributed by atoms with Crippen molar-refractivity contribution in [3.8, 4) is 0 Å². The molecule has 8 heteroatoms. The van der Waals surface area contributed by atoms with Crippen LogP contribution in [0.25, 0.3) is 0 Å². The second-order valence-electron chi connectivity index (χ2n) is 6.73. The van der Waals surface area contributed by atoms with Gasteiger partial charge in [0.2, 0.25) is 11.8 Å². The SMILES string of the molecule is CC(C)N(C)C(=O)CC1C(=O)NCCN1Cc1ccccc1C(F)(F)F. The summed E-state index contributed by atoms with van der Waals surface area (Å²) < 4.78 is 39.7. The molecule has 5 nitrogen and oxygen atoms in total. The number of carbonyl (C=O) groups excluding carboxylic acids is 2. The summed E-state index contributed by atoms with van der Waals surface area (Å²) in [4.78, 5) is 27.8. The van der Waals surface area contributed by atoms with Crippen LogP contribution in [0.4, 0.5) is 13.2 Å². The molecule has 1 fully saturated rings. The van der Waals surface area contributed by atoms with Crippen molar-refractivity contribution >= 4 is 11.8 Å². The van der Waals surface area contributed by atoms with E-state index in [0.29, 0.717) is 13.1 Å². The molecule has 1 unspecified atom stereocenters. The third kappa shape index (κ3) is 4.75. The van der Waals surface area contributed by atoms with Crippen molar-refractivity contribution in [1.82, 2.24) is 15.1 Å². The second kappa shape index (κ2) is 8.07. The van der Waals surface area contributed by atoms with Gasteiger partial charge in [0, 0.05) is 32.7 Å². The normalized spacial score (nSPS) is 18.7. The summed E-state index contributed by atoms with van der Waals surface area (Å²) in [7, 11) is 1.65. The number of carbonyl (C=O) groups is 2. The van der Waals surface area contributed by atoms with E-state index >= 15 is 0 Å². The standard InChI is InChI=1S/C18H24F3N3O2/c1-12(2)23(3)16(25)10-15-17(26)22-8-9-24(15)11-13-6-4-5-7-14(13)18(19,20)21/h4-7,12,15H,8-11H2,1-3H3,(H,22,26). The van der Waals surface area contributed by atoms with E-state index in [1.165, 1.54) is 17.0 Å². The molecule has 26 heavy (non-hydrogen) atoms. The Morgan fingerprint density at radius 2 is 2.00 bits per heavy atom. The van der Waals surface area contributed by atoms with E-state index < -0.39 is 17.8 Å². The molecule has 144 valence electrons. The number of amides is 2. The topological polar surface area (TPSA) is 52.7 Å². The molecule has 0 aliphatic carbocycles. The molecule has 1 atom stereocenters. The highest BCUT2D eigenvalue weighted by molar-refractivity contribution is 5.88. The molecule has 1 aromatic rings. The lowest BCUT2D eigenvalue weighted by Gasteiger charge is -2.36. The fourth-order valence-electron chi connectivity index (χ4n) is 2.92. The van der Waals surface area contributed by atoms with Gasteiger partial charge in [-0.25, -0.2) is 0 Å². The number of nitrogens with one attached hydrogen (secondary N) is 1. The number of rotatable bonds is 5. The summed E-state index contributed by atoms with van der Waals surface area (Å²) in [5.74, 6) is -0.539. The van der Waals surface area contributed by atoms with E-state index in [1.807, 2.05) is 13.8 Å². The molecule has 1 aromatic carbocycles. The first-order valence-electron chi connectivity index (χ1n) is 8.53. The van der Waals surface area contributed by atoms with Gasteiger partial charge in [0.05, 0.1) is 18.0 Å². The lowest BCUT2D eigenvalue weighted by Crippen LogP contribution is -2.56. The maximum atomic E-state index is 13.2. The summed E-state index contributed by atoms with van der Waals surface area (Å²) in [6.07, 6.45) is -4.52. The van der Waals surface area contributed by atoms with Crippen LogP contribution in [0.2, 0.25) is 0 Å². The molecule has 0 spiro atoms. The average molecular weight is 371 g/mol. The quantitative estimate of drug-likeness (QED) is 0.864. The van der Waals surface area contributed by atoms with E-state index in [1.54, 1.807) is 18.0 Å². The zero-order chi connectivity index (χ0) is 19.5. The van der Waals surface area contributed by atoms with Gasteiger partial charge < -0.3 is 10.2 Å². The number of alkyl halides is 3. The first-order valence-corrected chi connectivity index (χ1v) is 8.53. The van der Waals surface area contributed by atoms with Crippen molar-refractivity contribution in [2.24, 2.45) is 0 Å². The van der Waals surface area contributed by atoms with Crippen LogP contribution in [0.15, 0.2) is 24.3 Å². The van der Waals surface area contributed by atoms with Crippen LogP contribution in [0.1, 0.15) is 31.4 Å². The second-order valence-corrected chi connectivity index (χ2v) is 6.73. The van der Waals surface area contributed by atoms with Crippen LogP contribution in [0.3, 0.4) is 0 Å². The molecule has 0 saturated carbocycles. The fraction of sp³-hybridized carbons (Fsp3) is 0.556. The van der Waals surface area contributed by atoms with Crippen LogP contribution in [0, 0.1) is 0 Å². The predicted octanol–water partition coefficient (Wildman–Crippen LogP) is 2.26. The van der Waals surface area contributed by atoms with Crippen molar-refractivity contribution in [2.75, 3.05) is 20.1 Å². The Hall–Kier alpha value is -2.09. The zero-order valence-corrected chi connectivity index (χ0v) is 15.1. The van der Waals surface area contributed by atoms with E-state index in [4.69, 9.17) is 0 Å². The minimum absolute atomic E-state index is 0.0199. The van der Waals surface area contributed by atoms with Crippen molar-refractivity contribution < 1.29 is 22.8 Å². The van der Waals surface area contributed by atoms with Crippen molar-refractivity contribution in [3.63, 3.8) is 0 Å². The largest absolute Gasteiger partial charge is 0.416 e. The highest BCUT2D eigenvalue weighted by atomic mass is 19.4. The number of hydrogen-bond donors (Lipinski definition) is 1. The van der Waals surface area contributed by atoms with Crippen LogP contribution < -0.4 is 5.32 Å². The number of hydrogen-bond acceptors (Lipinski definition) is 3. The predicted molar refractivity (Wildman–Crippen MR) is 91.2 cm³/mol. The van der Waals surface area contributed by atoms with Crippen molar-refractivity contribution in [2.45, 2.75) is 45.1 Å². The Balaban J connectivity index is 2.21. The number of nitrogens with zero attached hydrogens (tertiary/aromatic N) is 2. The zero-order valence-electron chi connectivity index (χ0n) is 15.1. The lowest BCUT2D eigenvalue weighted by atomic mass is 10.0. The van der Waals surface area contributed by atoms with E-state index in [-0.39, 0.29) is 36.4 Å². The summed E-state index contributed by atoms with van der Waals surface area (Å²) in [5.41, 5.74) is -0.611. The van der Waals surface area contributed by atoms with E-state index in [9.17, 15) is 22.8 Å². The first-order chi connectivity index (χ1) is 12.1. The first kappa shape index (κ1) is 20.2. The smallest absolute Gasteiger partial charge is 0.353 e. The maximum absolute atomic E-state index is 13.2. The molecule has 0 bridgehead atoms. The van der Waals surface area contributed by atoms with Gasteiger partial charge in [-0.3, -0.25) is 14.5 Å². The van der Waals surface area contributed by atoms with E-state index in [2.05, 4.69) is 5.32 Å². The summed E-state index contributed by atoms with van der Waals surface area (Å²) >= 11 is 0. The Bertz CT molecular complexity index is 661. The fourth-order valence-corrected chi connectivity index (χ4v) is 2.92.